The second-order valence-electron chi connectivity index (χ2n) is 2.36. The molecule has 0 aromatic rings. The maximum atomic E-state index is 5.41. The van der Waals surface area contributed by atoms with Crippen LogP contribution in [0.4, 0.5) is 0 Å². The van der Waals surface area contributed by atoms with Crippen molar-refractivity contribution in [3.63, 3.8) is 0 Å². The predicted octanol–water partition coefficient (Wildman–Crippen LogP) is 0.535. The third kappa shape index (κ3) is 1.51. The van der Waals surface area contributed by atoms with Gasteiger partial charge in [-0.25, -0.2) is 0 Å². The van der Waals surface area contributed by atoms with Gasteiger partial charge in [0, 0.05) is 0 Å². The Hall–Kier alpha value is -0.380. The summed E-state index contributed by atoms with van der Waals surface area (Å²) in [5.74, 6) is 0.583. The number of nitrogens with one attached hydrogen (secondary N) is 1. The molecule has 1 aliphatic heterocycles. The van der Waals surface area contributed by atoms with E-state index in [4.69, 9.17) is 5.73 Å². The van der Waals surface area contributed by atoms with E-state index in [0.717, 1.165) is 0 Å². The standard InChI is InChI=1S/C5H11N3S/c1-3(2)4-7-8-5(6)9-4/h3-4,7H,1-2H3,(H2,6,8). The number of nitrogens with zero attached hydrogens (tertiary/aromatic N) is 1. The topological polar surface area (TPSA) is 50.4 Å². The van der Waals surface area contributed by atoms with Gasteiger partial charge in [0.1, 0.15) is 0 Å². The van der Waals surface area contributed by atoms with Crippen molar-refractivity contribution in [1.82, 2.24) is 5.43 Å². The van der Waals surface area contributed by atoms with Crippen molar-refractivity contribution in [1.29, 1.82) is 0 Å². The Morgan fingerprint density at radius 3 is 2.67 bits per heavy atom. The van der Waals surface area contributed by atoms with Crippen molar-refractivity contribution in [3.8, 4) is 0 Å². The molecule has 1 heterocycles. The Bertz CT molecular complexity index is 132. The SMILES string of the molecule is CC(C)C1NN=C(N)S1. The highest BCUT2D eigenvalue weighted by Crippen LogP contribution is 2.20. The Kier molecular flexibility index (Phi) is 1.85. The molecule has 0 spiro atoms. The van der Waals surface area contributed by atoms with Gasteiger partial charge in [0.15, 0.2) is 5.17 Å². The number of rotatable bonds is 1. The van der Waals surface area contributed by atoms with Crippen LogP contribution in [0.25, 0.3) is 0 Å². The minimum Gasteiger partial charge on any atom is -0.377 e. The highest BCUT2D eigenvalue weighted by Gasteiger charge is 2.19. The molecule has 1 aliphatic rings. The third-order valence-electron chi connectivity index (χ3n) is 1.16. The van der Waals surface area contributed by atoms with Crippen molar-refractivity contribution in [2.75, 3.05) is 0 Å². The molecule has 1 rings (SSSR count). The van der Waals surface area contributed by atoms with Gasteiger partial charge in [0.2, 0.25) is 0 Å². The van der Waals surface area contributed by atoms with E-state index in [1.165, 1.54) is 0 Å². The van der Waals surface area contributed by atoms with Gasteiger partial charge < -0.3 is 5.73 Å². The van der Waals surface area contributed by atoms with Gasteiger partial charge in [-0.05, 0) is 5.92 Å². The van der Waals surface area contributed by atoms with E-state index < -0.39 is 0 Å². The van der Waals surface area contributed by atoms with Crippen LogP contribution in [-0.2, 0) is 0 Å². The van der Waals surface area contributed by atoms with Crippen LogP contribution in [-0.4, -0.2) is 10.5 Å². The van der Waals surface area contributed by atoms with Crippen LogP contribution in [0.1, 0.15) is 13.8 Å². The summed E-state index contributed by atoms with van der Waals surface area (Å²) < 4.78 is 0. The molecular formula is C5H11N3S. The summed E-state index contributed by atoms with van der Waals surface area (Å²) in [6.07, 6.45) is 0. The number of hydrogen-bond acceptors (Lipinski definition) is 4. The fraction of sp³-hybridized carbons (Fsp3) is 0.800. The predicted molar refractivity (Wildman–Crippen MR) is 41.0 cm³/mol. The number of thioether (sulfide) groups is 1. The molecule has 9 heavy (non-hydrogen) atoms. The summed E-state index contributed by atoms with van der Waals surface area (Å²) in [6.45, 7) is 4.28. The van der Waals surface area contributed by atoms with E-state index in [2.05, 4.69) is 24.4 Å². The van der Waals surface area contributed by atoms with Crippen LogP contribution in [0.5, 0.6) is 0 Å². The molecule has 0 aromatic heterocycles. The summed E-state index contributed by atoms with van der Waals surface area (Å²) in [7, 11) is 0. The lowest BCUT2D eigenvalue weighted by atomic mass is 10.2. The molecule has 0 aliphatic carbocycles. The van der Waals surface area contributed by atoms with Gasteiger partial charge in [-0.3, -0.25) is 5.43 Å². The minimum absolute atomic E-state index is 0.380. The Balaban J connectivity index is 2.37. The van der Waals surface area contributed by atoms with Crippen molar-refractivity contribution in [2.24, 2.45) is 16.8 Å². The van der Waals surface area contributed by atoms with Gasteiger partial charge in [-0.2, -0.15) is 5.10 Å². The Labute approximate surface area is 59.1 Å². The summed E-state index contributed by atoms with van der Waals surface area (Å²) in [6, 6.07) is 0. The zero-order valence-electron chi connectivity index (χ0n) is 5.59. The molecule has 0 aromatic carbocycles. The summed E-state index contributed by atoms with van der Waals surface area (Å²) in [5.41, 5.74) is 8.35. The van der Waals surface area contributed by atoms with Gasteiger partial charge in [0.05, 0.1) is 5.37 Å². The number of nitrogens with two attached hydrogens (primary N) is 1. The lowest BCUT2D eigenvalue weighted by Crippen LogP contribution is -2.22. The molecule has 0 saturated heterocycles. The number of hydrogen-bond donors (Lipinski definition) is 2. The summed E-state index contributed by atoms with van der Waals surface area (Å²) >= 11 is 1.59. The van der Waals surface area contributed by atoms with Gasteiger partial charge in [-0.15, -0.1) is 0 Å². The highest BCUT2D eigenvalue weighted by molar-refractivity contribution is 8.14. The second-order valence-corrected chi connectivity index (χ2v) is 3.52. The maximum Gasteiger partial charge on any atom is 0.179 e. The van der Waals surface area contributed by atoms with Crippen molar-refractivity contribution in [3.05, 3.63) is 0 Å². The van der Waals surface area contributed by atoms with Gasteiger partial charge in [-0.1, -0.05) is 25.6 Å². The van der Waals surface area contributed by atoms with Crippen LogP contribution < -0.4 is 11.2 Å². The van der Waals surface area contributed by atoms with Gasteiger partial charge >= 0.3 is 0 Å². The molecule has 52 valence electrons. The molecule has 0 bridgehead atoms. The highest BCUT2D eigenvalue weighted by atomic mass is 32.2. The molecule has 4 heteroatoms. The molecule has 0 fully saturated rings. The lowest BCUT2D eigenvalue weighted by Gasteiger charge is -2.11. The number of amidine groups is 1. The summed E-state index contributed by atoms with van der Waals surface area (Å²) in [4.78, 5) is 0. The zero-order chi connectivity index (χ0) is 6.85. The lowest BCUT2D eigenvalue weighted by molar-refractivity contribution is 0.538. The van der Waals surface area contributed by atoms with Crippen LogP contribution in [0, 0.1) is 5.92 Å². The normalized spacial score (nSPS) is 26.1. The number of hydrazone groups is 1. The van der Waals surface area contributed by atoms with E-state index in [9.17, 15) is 0 Å². The first kappa shape index (κ1) is 6.74. The molecule has 1 atom stereocenters. The van der Waals surface area contributed by atoms with Crippen LogP contribution in [0.3, 0.4) is 0 Å². The first-order chi connectivity index (χ1) is 4.20. The fourth-order valence-electron chi connectivity index (χ4n) is 0.595. The average molecular weight is 145 g/mol. The van der Waals surface area contributed by atoms with Gasteiger partial charge in [0.25, 0.3) is 0 Å². The summed E-state index contributed by atoms with van der Waals surface area (Å²) in [5, 5.41) is 4.87. The van der Waals surface area contributed by atoms with E-state index >= 15 is 0 Å². The molecule has 0 radical (unpaired) electrons. The second kappa shape index (κ2) is 2.47. The maximum absolute atomic E-state index is 5.41. The molecule has 0 amide bonds. The largest absolute Gasteiger partial charge is 0.377 e. The first-order valence-corrected chi connectivity index (χ1v) is 3.83. The molecule has 1 unspecified atom stereocenters. The molecule has 3 nitrogen and oxygen atoms in total. The minimum atomic E-state index is 0.380. The van der Waals surface area contributed by atoms with Crippen LogP contribution >= 0.6 is 11.8 Å². The fourth-order valence-corrected chi connectivity index (χ4v) is 1.34. The van der Waals surface area contributed by atoms with Crippen molar-refractivity contribution < 1.29 is 0 Å². The molecule has 3 N–H and O–H groups in total. The quantitative estimate of drug-likeness (QED) is 0.566. The smallest absolute Gasteiger partial charge is 0.179 e. The molecule has 0 saturated carbocycles. The Morgan fingerprint density at radius 1 is 1.78 bits per heavy atom. The monoisotopic (exact) mass is 145 g/mol. The van der Waals surface area contributed by atoms with Crippen LogP contribution in [0.15, 0.2) is 5.10 Å². The van der Waals surface area contributed by atoms with Crippen LogP contribution in [0.2, 0.25) is 0 Å². The third-order valence-corrected chi connectivity index (χ3v) is 2.39. The van der Waals surface area contributed by atoms with Crippen molar-refractivity contribution >= 4 is 16.9 Å². The Morgan fingerprint density at radius 2 is 2.44 bits per heavy atom. The van der Waals surface area contributed by atoms with E-state index in [0.29, 0.717) is 16.5 Å². The van der Waals surface area contributed by atoms with E-state index in [1.807, 2.05) is 0 Å². The van der Waals surface area contributed by atoms with Crippen molar-refractivity contribution in [2.45, 2.75) is 19.2 Å². The first-order valence-electron chi connectivity index (χ1n) is 2.95. The van der Waals surface area contributed by atoms with E-state index in [1.54, 1.807) is 11.8 Å². The van der Waals surface area contributed by atoms with E-state index in [-0.39, 0.29) is 0 Å². The average Bonchev–Trinajstić information content (AvgIpc) is 2.14. The molecular weight excluding hydrogens is 134 g/mol. The zero-order valence-corrected chi connectivity index (χ0v) is 6.40.